The van der Waals surface area contributed by atoms with Crippen molar-refractivity contribution in [3.05, 3.63) is 60.2 Å². The third-order valence-corrected chi connectivity index (χ3v) is 6.71. The molecule has 0 aromatic heterocycles. The minimum absolute atomic E-state index is 0.0403. The van der Waals surface area contributed by atoms with E-state index >= 15 is 0 Å². The molecular formula is C25H32N2O9S. The molecule has 12 heteroatoms. The van der Waals surface area contributed by atoms with E-state index in [1.165, 1.54) is 31.4 Å². The van der Waals surface area contributed by atoms with Crippen LogP contribution in [0.2, 0.25) is 0 Å². The summed E-state index contributed by atoms with van der Waals surface area (Å²) in [4.78, 5) is 37.4. The van der Waals surface area contributed by atoms with Crippen LogP contribution in [0.1, 0.15) is 26.3 Å². The lowest BCUT2D eigenvalue weighted by atomic mass is 10.2. The second kappa shape index (κ2) is 13.1. The summed E-state index contributed by atoms with van der Waals surface area (Å²) in [6.45, 7) is 3.48. The highest BCUT2D eigenvalue weighted by Gasteiger charge is 2.39. The quantitative estimate of drug-likeness (QED) is 0.339. The molecule has 202 valence electrons. The molecule has 0 heterocycles. The Hall–Kier alpha value is -3.64. The van der Waals surface area contributed by atoms with E-state index < -0.39 is 52.8 Å². The van der Waals surface area contributed by atoms with Crippen molar-refractivity contribution in [3.63, 3.8) is 0 Å². The number of nitrogens with one attached hydrogen (secondary N) is 1. The number of hydrogen-bond donors (Lipinski definition) is 1. The van der Waals surface area contributed by atoms with Crippen LogP contribution in [0.25, 0.3) is 0 Å². The van der Waals surface area contributed by atoms with Crippen LogP contribution in [0, 0.1) is 0 Å². The molecule has 0 aliphatic heterocycles. The van der Waals surface area contributed by atoms with Gasteiger partial charge in [0.1, 0.15) is 30.5 Å². The molecule has 0 spiro atoms. The Labute approximate surface area is 216 Å². The first kappa shape index (κ1) is 29.6. The summed E-state index contributed by atoms with van der Waals surface area (Å²) in [7, 11) is -1.96. The van der Waals surface area contributed by atoms with Gasteiger partial charge in [0, 0.05) is 6.54 Å². The van der Waals surface area contributed by atoms with Gasteiger partial charge in [0.05, 0.1) is 19.1 Å². The first-order valence-electron chi connectivity index (χ1n) is 11.3. The molecule has 0 aliphatic carbocycles. The number of alkyl carbamates (subject to hydrolysis) is 1. The molecule has 1 atom stereocenters. The molecule has 1 unspecified atom stereocenters. The predicted molar refractivity (Wildman–Crippen MR) is 133 cm³/mol. The van der Waals surface area contributed by atoms with Crippen LogP contribution in [0.3, 0.4) is 0 Å². The molecule has 0 saturated carbocycles. The van der Waals surface area contributed by atoms with E-state index in [1.54, 1.807) is 45.0 Å². The zero-order chi connectivity index (χ0) is 27.6. The lowest BCUT2D eigenvalue weighted by Gasteiger charge is -2.29. The van der Waals surface area contributed by atoms with Crippen molar-refractivity contribution >= 4 is 28.1 Å². The molecule has 37 heavy (non-hydrogen) atoms. The summed E-state index contributed by atoms with van der Waals surface area (Å²) in [5.41, 5.74) is -0.178. The minimum atomic E-state index is -4.45. The summed E-state index contributed by atoms with van der Waals surface area (Å²) in [6.07, 6.45) is -0.892. The van der Waals surface area contributed by atoms with Gasteiger partial charge in [0.2, 0.25) is 10.0 Å². The second-order valence-corrected chi connectivity index (χ2v) is 10.7. The summed E-state index contributed by atoms with van der Waals surface area (Å²) < 4.78 is 48.1. The molecular weight excluding hydrogens is 504 g/mol. The van der Waals surface area contributed by atoms with Crippen LogP contribution in [-0.4, -0.2) is 69.7 Å². The normalized spacial score (nSPS) is 12.4. The maximum Gasteiger partial charge on any atom is 0.407 e. The number of esters is 2. The van der Waals surface area contributed by atoms with Crippen LogP contribution >= 0.6 is 0 Å². The van der Waals surface area contributed by atoms with Gasteiger partial charge in [-0.3, -0.25) is 9.59 Å². The monoisotopic (exact) mass is 536 g/mol. The van der Waals surface area contributed by atoms with Gasteiger partial charge in [-0.25, -0.2) is 13.2 Å². The lowest BCUT2D eigenvalue weighted by molar-refractivity contribution is -0.156. The third-order valence-electron chi connectivity index (χ3n) is 4.84. The number of carbonyl (C=O) groups is 3. The largest absolute Gasteiger partial charge is 0.497 e. The van der Waals surface area contributed by atoms with Crippen molar-refractivity contribution < 1.29 is 41.7 Å². The summed E-state index contributed by atoms with van der Waals surface area (Å²) >= 11 is 0. The predicted octanol–water partition coefficient (Wildman–Crippen LogP) is 2.50. The SMILES string of the molecule is COC(=O)C(CNC(=O)OCc1ccccc1)N(CC(=O)OC(C)(C)C)S(=O)(=O)c1ccc(OC)cc1. The molecule has 0 aliphatic rings. The van der Waals surface area contributed by atoms with Crippen LogP contribution in [0.5, 0.6) is 5.75 Å². The van der Waals surface area contributed by atoms with Crippen LogP contribution < -0.4 is 10.1 Å². The zero-order valence-electron chi connectivity index (χ0n) is 21.4. The Kier molecular flexibility index (Phi) is 10.4. The number of methoxy groups -OCH3 is 2. The van der Waals surface area contributed by atoms with Gasteiger partial charge in [-0.1, -0.05) is 30.3 Å². The zero-order valence-corrected chi connectivity index (χ0v) is 22.2. The number of ether oxygens (including phenoxy) is 4. The number of carbonyl (C=O) groups excluding carboxylic acids is 3. The summed E-state index contributed by atoms with van der Waals surface area (Å²) in [5.74, 6) is -1.49. The van der Waals surface area contributed by atoms with E-state index in [1.807, 2.05) is 6.07 Å². The Morgan fingerprint density at radius 2 is 1.59 bits per heavy atom. The Morgan fingerprint density at radius 3 is 2.14 bits per heavy atom. The van der Waals surface area contributed by atoms with E-state index in [-0.39, 0.29) is 11.5 Å². The van der Waals surface area contributed by atoms with Crippen molar-refractivity contribution in [2.75, 3.05) is 27.3 Å². The molecule has 2 aromatic rings. The summed E-state index contributed by atoms with van der Waals surface area (Å²) in [5, 5.41) is 2.37. The number of nitrogens with zero attached hydrogens (tertiary/aromatic N) is 1. The molecule has 2 aromatic carbocycles. The first-order chi connectivity index (χ1) is 17.4. The highest BCUT2D eigenvalue weighted by atomic mass is 32.2. The highest BCUT2D eigenvalue weighted by molar-refractivity contribution is 7.89. The van der Waals surface area contributed by atoms with E-state index in [2.05, 4.69) is 5.32 Å². The van der Waals surface area contributed by atoms with Crippen molar-refractivity contribution in [1.82, 2.24) is 9.62 Å². The number of rotatable bonds is 11. The van der Waals surface area contributed by atoms with Gasteiger partial charge in [0.15, 0.2) is 0 Å². The van der Waals surface area contributed by atoms with E-state index in [0.717, 1.165) is 12.7 Å². The van der Waals surface area contributed by atoms with Crippen LogP contribution in [0.4, 0.5) is 4.79 Å². The average Bonchev–Trinajstić information content (AvgIpc) is 2.86. The Morgan fingerprint density at radius 1 is 0.973 bits per heavy atom. The average molecular weight is 537 g/mol. The second-order valence-electron chi connectivity index (χ2n) is 8.79. The Balaban J connectivity index is 2.32. The van der Waals surface area contributed by atoms with Gasteiger partial charge in [-0.2, -0.15) is 4.31 Å². The van der Waals surface area contributed by atoms with Crippen molar-refractivity contribution in [2.24, 2.45) is 0 Å². The number of amides is 1. The number of benzene rings is 2. The maximum absolute atomic E-state index is 13.6. The number of hydrogen-bond acceptors (Lipinski definition) is 9. The van der Waals surface area contributed by atoms with Gasteiger partial charge in [0.25, 0.3) is 0 Å². The van der Waals surface area contributed by atoms with E-state index in [9.17, 15) is 22.8 Å². The van der Waals surface area contributed by atoms with Gasteiger partial charge >= 0.3 is 18.0 Å². The molecule has 0 fully saturated rings. The van der Waals surface area contributed by atoms with Crippen molar-refractivity contribution in [2.45, 2.75) is 43.9 Å². The van der Waals surface area contributed by atoms with Crippen LogP contribution in [0.15, 0.2) is 59.5 Å². The van der Waals surface area contributed by atoms with Crippen LogP contribution in [-0.2, 0) is 40.4 Å². The number of sulfonamides is 1. The molecule has 0 saturated heterocycles. The van der Waals surface area contributed by atoms with Crippen molar-refractivity contribution in [3.8, 4) is 5.75 Å². The standard InChI is InChI=1S/C25H32N2O9S/c1-25(2,3)36-22(28)16-27(37(31,32)20-13-11-19(33-4)12-14-20)21(23(29)34-5)15-26-24(30)35-17-18-9-7-6-8-10-18/h6-14,21H,15-17H2,1-5H3,(H,26,30). The smallest absolute Gasteiger partial charge is 0.407 e. The molecule has 11 nitrogen and oxygen atoms in total. The third kappa shape index (κ3) is 9.07. The molecule has 2 rings (SSSR count). The topological polar surface area (TPSA) is 138 Å². The minimum Gasteiger partial charge on any atom is -0.497 e. The van der Waals surface area contributed by atoms with Crippen molar-refractivity contribution in [1.29, 1.82) is 0 Å². The van der Waals surface area contributed by atoms with Gasteiger partial charge in [-0.05, 0) is 50.6 Å². The Bertz CT molecular complexity index is 1160. The lowest BCUT2D eigenvalue weighted by Crippen LogP contribution is -2.53. The van der Waals surface area contributed by atoms with Gasteiger partial charge in [-0.15, -0.1) is 0 Å². The first-order valence-corrected chi connectivity index (χ1v) is 12.7. The molecule has 0 bridgehead atoms. The molecule has 1 amide bonds. The highest BCUT2D eigenvalue weighted by Crippen LogP contribution is 2.22. The summed E-state index contributed by atoms with van der Waals surface area (Å²) in [6, 6.07) is 12.7. The molecule has 1 N–H and O–H groups in total. The maximum atomic E-state index is 13.6. The fraction of sp³-hybridized carbons (Fsp3) is 0.400. The fourth-order valence-electron chi connectivity index (χ4n) is 3.14. The fourth-order valence-corrected chi connectivity index (χ4v) is 4.66. The van der Waals surface area contributed by atoms with E-state index in [4.69, 9.17) is 18.9 Å². The van der Waals surface area contributed by atoms with E-state index in [0.29, 0.717) is 10.1 Å². The molecule has 0 radical (unpaired) electrons. The van der Waals surface area contributed by atoms with Gasteiger partial charge < -0.3 is 24.3 Å².